The number of guanidine groups is 1. The van der Waals surface area contributed by atoms with E-state index in [0.717, 1.165) is 24.9 Å². The van der Waals surface area contributed by atoms with E-state index in [0.29, 0.717) is 24.0 Å². The number of nitrogens with two attached hydrogens (primary N) is 1. The molecule has 0 aliphatic heterocycles. The molecule has 0 heterocycles. The predicted octanol–water partition coefficient (Wildman–Crippen LogP) is 3.28. The molecule has 4 N–H and O–H groups in total. The van der Waals surface area contributed by atoms with Gasteiger partial charge in [0, 0.05) is 18.2 Å². The first-order chi connectivity index (χ1) is 10.9. The second-order valence-electron chi connectivity index (χ2n) is 6.29. The maximum absolute atomic E-state index is 12.1. The molecule has 5 nitrogen and oxygen atoms in total. The lowest BCUT2D eigenvalue weighted by Crippen LogP contribution is -2.33. The minimum Gasteiger partial charge on any atom is -0.370 e. The van der Waals surface area contributed by atoms with E-state index in [1.165, 1.54) is 0 Å². The highest BCUT2D eigenvalue weighted by atomic mass is 127. The first-order valence-corrected chi connectivity index (χ1v) is 8.36. The predicted molar refractivity (Wildman–Crippen MR) is 112 cm³/mol. The zero-order valence-corrected chi connectivity index (χ0v) is 17.5. The van der Waals surface area contributed by atoms with Gasteiger partial charge >= 0.3 is 0 Å². The molecule has 0 aliphatic carbocycles. The van der Waals surface area contributed by atoms with E-state index in [-0.39, 0.29) is 35.9 Å². The van der Waals surface area contributed by atoms with Crippen LogP contribution in [0.2, 0.25) is 0 Å². The van der Waals surface area contributed by atoms with Crippen LogP contribution < -0.4 is 16.4 Å². The number of aliphatic imine (C=N–C) groups is 1. The Balaban J connectivity index is 0.00000529. The highest BCUT2D eigenvalue weighted by molar-refractivity contribution is 14.0. The van der Waals surface area contributed by atoms with Crippen molar-refractivity contribution in [3.05, 3.63) is 35.4 Å². The molecule has 6 heteroatoms. The number of halogens is 1. The van der Waals surface area contributed by atoms with Gasteiger partial charge in [0.05, 0.1) is 6.54 Å². The van der Waals surface area contributed by atoms with E-state index in [4.69, 9.17) is 5.73 Å². The van der Waals surface area contributed by atoms with Gasteiger partial charge in [-0.05, 0) is 43.4 Å². The van der Waals surface area contributed by atoms with Gasteiger partial charge in [-0.15, -0.1) is 24.0 Å². The van der Waals surface area contributed by atoms with Crippen LogP contribution in [0, 0.1) is 5.92 Å². The lowest BCUT2D eigenvalue weighted by atomic mass is 10.1. The molecule has 0 bridgehead atoms. The van der Waals surface area contributed by atoms with Crippen LogP contribution in [0.4, 0.5) is 0 Å². The summed E-state index contributed by atoms with van der Waals surface area (Å²) in [6.07, 6.45) is 1.97. The Morgan fingerprint density at radius 3 is 2.62 bits per heavy atom. The third kappa shape index (κ3) is 9.10. The number of hydrogen-bond donors (Lipinski definition) is 3. The lowest BCUT2D eigenvalue weighted by molar-refractivity contribution is 0.0939. The smallest absolute Gasteiger partial charge is 0.251 e. The van der Waals surface area contributed by atoms with Crippen molar-refractivity contribution >= 4 is 35.8 Å². The standard InChI is InChI=1S/C18H30N4O.HI/c1-5-14(4)22-17(23)16-8-6-7-15(11-16)12-21-18(19)20-10-9-13(2)3;/h6-8,11,13-14H,5,9-10,12H2,1-4H3,(H,22,23)(H3,19,20,21);1H. The maximum atomic E-state index is 12.1. The number of benzene rings is 1. The van der Waals surface area contributed by atoms with Gasteiger partial charge in [0.15, 0.2) is 5.96 Å². The Kier molecular flexibility index (Phi) is 11.4. The number of nitrogens with zero attached hydrogens (tertiary/aromatic N) is 1. The van der Waals surface area contributed by atoms with Gasteiger partial charge in [-0.1, -0.05) is 32.9 Å². The molecule has 0 spiro atoms. The number of carbonyl (C=O) groups excluding carboxylic acids is 1. The minimum atomic E-state index is -0.0480. The Morgan fingerprint density at radius 1 is 1.29 bits per heavy atom. The Morgan fingerprint density at radius 2 is 2.00 bits per heavy atom. The van der Waals surface area contributed by atoms with Crippen molar-refractivity contribution in [1.82, 2.24) is 10.6 Å². The molecule has 0 aliphatic rings. The van der Waals surface area contributed by atoms with Crippen LogP contribution in [0.3, 0.4) is 0 Å². The lowest BCUT2D eigenvalue weighted by Gasteiger charge is -2.12. The third-order valence-corrected chi connectivity index (χ3v) is 3.64. The van der Waals surface area contributed by atoms with Crippen molar-refractivity contribution < 1.29 is 4.79 Å². The number of rotatable bonds is 8. The van der Waals surface area contributed by atoms with E-state index in [1.807, 2.05) is 38.1 Å². The van der Waals surface area contributed by atoms with Crippen LogP contribution in [0.5, 0.6) is 0 Å². The Bertz CT molecular complexity index is 532. The molecular formula is C18H31IN4O. The Labute approximate surface area is 162 Å². The van der Waals surface area contributed by atoms with Crippen LogP contribution in [0.15, 0.2) is 29.3 Å². The first-order valence-electron chi connectivity index (χ1n) is 8.36. The van der Waals surface area contributed by atoms with Crippen molar-refractivity contribution in [1.29, 1.82) is 0 Å². The fraction of sp³-hybridized carbons (Fsp3) is 0.556. The highest BCUT2D eigenvalue weighted by Gasteiger charge is 2.08. The van der Waals surface area contributed by atoms with Crippen molar-refractivity contribution in [3.8, 4) is 0 Å². The van der Waals surface area contributed by atoms with Gasteiger partial charge in [-0.25, -0.2) is 4.99 Å². The van der Waals surface area contributed by atoms with Gasteiger partial charge in [0.1, 0.15) is 0 Å². The number of nitrogens with one attached hydrogen (secondary N) is 2. The van der Waals surface area contributed by atoms with Crippen LogP contribution >= 0.6 is 24.0 Å². The molecule has 24 heavy (non-hydrogen) atoms. The largest absolute Gasteiger partial charge is 0.370 e. The average molecular weight is 446 g/mol. The van der Waals surface area contributed by atoms with E-state index in [1.54, 1.807) is 0 Å². The second kappa shape index (κ2) is 12.1. The molecule has 136 valence electrons. The summed E-state index contributed by atoms with van der Waals surface area (Å²) in [5.41, 5.74) is 7.47. The molecule has 1 rings (SSSR count). The maximum Gasteiger partial charge on any atom is 0.251 e. The molecular weight excluding hydrogens is 415 g/mol. The molecule has 0 saturated heterocycles. The Hall–Kier alpha value is -1.31. The monoisotopic (exact) mass is 446 g/mol. The second-order valence-corrected chi connectivity index (χ2v) is 6.29. The highest BCUT2D eigenvalue weighted by Crippen LogP contribution is 2.07. The summed E-state index contributed by atoms with van der Waals surface area (Å²) in [7, 11) is 0. The molecule has 0 aromatic heterocycles. The van der Waals surface area contributed by atoms with Gasteiger partial charge in [0.2, 0.25) is 0 Å². The number of amides is 1. The fourth-order valence-electron chi connectivity index (χ4n) is 1.94. The van der Waals surface area contributed by atoms with Crippen LogP contribution in [-0.2, 0) is 6.54 Å². The van der Waals surface area contributed by atoms with E-state index in [2.05, 4.69) is 29.5 Å². The summed E-state index contributed by atoms with van der Waals surface area (Å²) >= 11 is 0. The van der Waals surface area contributed by atoms with Crippen molar-refractivity contribution in [2.45, 2.75) is 53.1 Å². The summed E-state index contributed by atoms with van der Waals surface area (Å²) < 4.78 is 0. The molecule has 1 amide bonds. The van der Waals surface area contributed by atoms with E-state index in [9.17, 15) is 4.79 Å². The summed E-state index contributed by atoms with van der Waals surface area (Å²) in [6, 6.07) is 7.67. The summed E-state index contributed by atoms with van der Waals surface area (Å²) in [4.78, 5) is 16.4. The zero-order valence-electron chi connectivity index (χ0n) is 15.1. The molecule has 0 fully saturated rings. The normalized spacial score (nSPS) is 12.5. The van der Waals surface area contributed by atoms with Crippen LogP contribution in [0.25, 0.3) is 0 Å². The molecule has 0 saturated carbocycles. The van der Waals surface area contributed by atoms with E-state index < -0.39 is 0 Å². The molecule has 1 aromatic carbocycles. The zero-order chi connectivity index (χ0) is 17.2. The third-order valence-electron chi connectivity index (χ3n) is 3.64. The topological polar surface area (TPSA) is 79.5 Å². The fourth-order valence-corrected chi connectivity index (χ4v) is 1.94. The van der Waals surface area contributed by atoms with Gasteiger partial charge < -0.3 is 16.4 Å². The van der Waals surface area contributed by atoms with Crippen molar-refractivity contribution in [3.63, 3.8) is 0 Å². The summed E-state index contributed by atoms with van der Waals surface area (Å²) in [5, 5.41) is 6.07. The van der Waals surface area contributed by atoms with Crippen molar-refractivity contribution in [2.24, 2.45) is 16.6 Å². The SMILES string of the molecule is CCC(C)NC(=O)c1cccc(CN=C(N)NCCC(C)C)c1.I. The summed E-state index contributed by atoms with van der Waals surface area (Å²) in [5.74, 6) is 1.03. The molecule has 1 aromatic rings. The molecule has 0 radical (unpaired) electrons. The quantitative estimate of drug-likeness (QED) is 0.326. The van der Waals surface area contributed by atoms with Crippen molar-refractivity contribution in [2.75, 3.05) is 6.54 Å². The van der Waals surface area contributed by atoms with Gasteiger partial charge in [-0.2, -0.15) is 0 Å². The van der Waals surface area contributed by atoms with Crippen LogP contribution in [-0.4, -0.2) is 24.5 Å². The van der Waals surface area contributed by atoms with Gasteiger partial charge in [0.25, 0.3) is 5.91 Å². The van der Waals surface area contributed by atoms with Crippen LogP contribution in [0.1, 0.15) is 56.5 Å². The molecule has 1 unspecified atom stereocenters. The first kappa shape index (κ1) is 22.7. The number of carbonyl (C=O) groups is 1. The van der Waals surface area contributed by atoms with Gasteiger partial charge in [-0.3, -0.25) is 4.79 Å². The molecule has 1 atom stereocenters. The number of hydrogen-bond acceptors (Lipinski definition) is 2. The van der Waals surface area contributed by atoms with E-state index >= 15 is 0 Å². The average Bonchev–Trinajstić information content (AvgIpc) is 2.52. The minimum absolute atomic E-state index is 0. The summed E-state index contributed by atoms with van der Waals surface area (Å²) in [6.45, 7) is 9.67.